The number of amides is 1. The average Bonchev–Trinajstić information content (AvgIpc) is 2.26. The van der Waals surface area contributed by atoms with Crippen LogP contribution in [0.4, 0.5) is 5.69 Å². The van der Waals surface area contributed by atoms with E-state index in [4.69, 9.17) is 22.7 Å². The van der Waals surface area contributed by atoms with Crippen LogP contribution in [0.3, 0.4) is 0 Å². The summed E-state index contributed by atoms with van der Waals surface area (Å²) in [6.45, 7) is 0.237. The van der Waals surface area contributed by atoms with Crippen molar-refractivity contribution in [2.24, 2.45) is 5.73 Å². The van der Waals surface area contributed by atoms with Gasteiger partial charge in [-0.15, -0.1) is 0 Å². The van der Waals surface area contributed by atoms with Crippen molar-refractivity contribution in [3.63, 3.8) is 0 Å². The molecule has 1 heterocycles. The molecule has 0 atom stereocenters. The molecule has 0 unspecified atom stereocenters. The van der Waals surface area contributed by atoms with E-state index in [-0.39, 0.29) is 12.5 Å². The van der Waals surface area contributed by atoms with Gasteiger partial charge in [0.15, 0.2) is 0 Å². The molecule has 1 amide bonds. The molecule has 0 saturated carbocycles. The Kier molecular flexibility index (Phi) is 3.05. The Morgan fingerprint density at radius 1 is 1.50 bits per heavy atom. The molecular formula is C11H12N2O2S. The first-order valence-electron chi connectivity index (χ1n) is 4.99. The van der Waals surface area contributed by atoms with Gasteiger partial charge in [-0.2, -0.15) is 0 Å². The van der Waals surface area contributed by atoms with Crippen LogP contribution in [0.25, 0.3) is 0 Å². The SMILES string of the molecule is NC(=S)COc1ccc2c(c1)CCC(=O)N2. The molecule has 0 aliphatic carbocycles. The van der Waals surface area contributed by atoms with Gasteiger partial charge < -0.3 is 15.8 Å². The summed E-state index contributed by atoms with van der Waals surface area (Å²) in [5.74, 6) is 0.784. The Hall–Kier alpha value is -1.62. The second kappa shape index (κ2) is 4.49. The molecule has 0 saturated heterocycles. The van der Waals surface area contributed by atoms with Crippen molar-refractivity contribution in [1.29, 1.82) is 0 Å². The van der Waals surface area contributed by atoms with E-state index in [1.165, 1.54) is 0 Å². The number of benzene rings is 1. The number of aryl methyl sites for hydroxylation is 1. The number of nitrogens with one attached hydrogen (secondary N) is 1. The zero-order chi connectivity index (χ0) is 11.5. The van der Waals surface area contributed by atoms with E-state index >= 15 is 0 Å². The maximum atomic E-state index is 11.1. The molecule has 0 bridgehead atoms. The average molecular weight is 236 g/mol. The van der Waals surface area contributed by atoms with Crippen LogP contribution in [0, 0.1) is 0 Å². The summed E-state index contributed by atoms with van der Waals surface area (Å²) >= 11 is 4.73. The molecule has 1 aromatic carbocycles. The van der Waals surface area contributed by atoms with Crippen molar-refractivity contribution in [3.05, 3.63) is 23.8 Å². The minimum Gasteiger partial charge on any atom is -0.486 e. The summed E-state index contributed by atoms with van der Waals surface area (Å²) in [6, 6.07) is 5.54. The van der Waals surface area contributed by atoms with Gasteiger partial charge >= 0.3 is 0 Å². The standard InChI is InChI=1S/C11H12N2O2S/c12-10(16)6-15-8-2-3-9-7(5-8)1-4-11(14)13-9/h2-3,5H,1,4,6H2,(H2,12,16)(H,13,14). The van der Waals surface area contributed by atoms with E-state index in [0.717, 1.165) is 23.4 Å². The molecule has 5 heteroatoms. The van der Waals surface area contributed by atoms with Crippen LogP contribution >= 0.6 is 12.2 Å². The van der Waals surface area contributed by atoms with Crippen molar-refractivity contribution in [3.8, 4) is 5.75 Å². The highest BCUT2D eigenvalue weighted by molar-refractivity contribution is 7.80. The van der Waals surface area contributed by atoms with E-state index in [9.17, 15) is 4.79 Å². The molecule has 16 heavy (non-hydrogen) atoms. The van der Waals surface area contributed by atoms with Crippen LogP contribution in [0.5, 0.6) is 5.75 Å². The number of thiocarbonyl (C=S) groups is 1. The van der Waals surface area contributed by atoms with E-state index in [1.54, 1.807) is 6.07 Å². The van der Waals surface area contributed by atoms with Crippen molar-refractivity contribution < 1.29 is 9.53 Å². The summed E-state index contributed by atoms with van der Waals surface area (Å²) in [5.41, 5.74) is 7.29. The van der Waals surface area contributed by atoms with Gasteiger partial charge in [0.25, 0.3) is 0 Å². The molecule has 0 spiro atoms. The quantitative estimate of drug-likeness (QED) is 0.775. The van der Waals surface area contributed by atoms with Crippen molar-refractivity contribution >= 4 is 28.8 Å². The van der Waals surface area contributed by atoms with Crippen molar-refractivity contribution in [2.75, 3.05) is 11.9 Å². The number of anilines is 1. The zero-order valence-electron chi connectivity index (χ0n) is 8.66. The first-order chi connectivity index (χ1) is 7.65. The van der Waals surface area contributed by atoms with Crippen molar-refractivity contribution in [2.45, 2.75) is 12.8 Å². The normalized spacial score (nSPS) is 13.9. The highest BCUT2D eigenvalue weighted by atomic mass is 32.1. The van der Waals surface area contributed by atoms with Crippen LogP contribution in [-0.2, 0) is 11.2 Å². The van der Waals surface area contributed by atoms with Crippen molar-refractivity contribution in [1.82, 2.24) is 0 Å². The number of nitrogens with two attached hydrogens (primary N) is 1. The van der Waals surface area contributed by atoms with Gasteiger partial charge in [0.1, 0.15) is 17.3 Å². The van der Waals surface area contributed by atoms with Crippen LogP contribution < -0.4 is 15.8 Å². The second-order valence-corrected chi connectivity index (χ2v) is 4.15. The summed E-state index contributed by atoms with van der Waals surface area (Å²) in [6.07, 6.45) is 1.26. The predicted molar refractivity (Wildman–Crippen MR) is 65.7 cm³/mol. The maximum absolute atomic E-state index is 11.1. The third-order valence-corrected chi connectivity index (χ3v) is 2.47. The number of carbonyl (C=O) groups excluding carboxylic acids is 1. The Labute approximate surface area is 98.8 Å². The molecule has 0 radical (unpaired) electrons. The fourth-order valence-electron chi connectivity index (χ4n) is 1.60. The van der Waals surface area contributed by atoms with Gasteiger partial charge in [0, 0.05) is 12.1 Å². The van der Waals surface area contributed by atoms with Gasteiger partial charge in [0.2, 0.25) is 5.91 Å². The topological polar surface area (TPSA) is 64.3 Å². The van der Waals surface area contributed by atoms with E-state index < -0.39 is 0 Å². The zero-order valence-corrected chi connectivity index (χ0v) is 9.47. The third-order valence-electron chi connectivity index (χ3n) is 2.35. The molecule has 1 aliphatic rings. The Bertz CT molecular complexity index is 446. The number of carbonyl (C=O) groups is 1. The Morgan fingerprint density at radius 2 is 2.31 bits per heavy atom. The van der Waals surface area contributed by atoms with Gasteiger partial charge in [-0.25, -0.2) is 0 Å². The highest BCUT2D eigenvalue weighted by Gasteiger charge is 2.14. The molecular weight excluding hydrogens is 224 g/mol. The molecule has 1 aromatic rings. The number of hydrogen-bond acceptors (Lipinski definition) is 3. The Morgan fingerprint density at radius 3 is 3.06 bits per heavy atom. The first kappa shape index (κ1) is 10.9. The molecule has 4 nitrogen and oxygen atoms in total. The van der Waals surface area contributed by atoms with Crippen LogP contribution in [0.1, 0.15) is 12.0 Å². The Balaban J connectivity index is 2.13. The van der Waals surface area contributed by atoms with Crippen LogP contribution in [-0.4, -0.2) is 17.5 Å². The lowest BCUT2D eigenvalue weighted by molar-refractivity contribution is -0.116. The molecule has 3 N–H and O–H groups in total. The molecule has 1 aliphatic heterocycles. The number of ether oxygens (including phenoxy) is 1. The van der Waals surface area contributed by atoms with Gasteiger partial charge in [0.05, 0.1) is 0 Å². The fourth-order valence-corrected chi connectivity index (χ4v) is 1.66. The largest absolute Gasteiger partial charge is 0.486 e. The summed E-state index contributed by atoms with van der Waals surface area (Å²) in [7, 11) is 0. The van der Waals surface area contributed by atoms with E-state index in [1.807, 2.05) is 12.1 Å². The molecule has 0 aromatic heterocycles. The summed E-state index contributed by atoms with van der Waals surface area (Å²) in [4.78, 5) is 11.5. The monoisotopic (exact) mass is 236 g/mol. The fraction of sp³-hybridized carbons (Fsp3) is 0.273. The first-order valence-corrected chi connectivity index (χ1v) is 5.40. The van der Waals surface area contributed by atoms with E-state index in [0.29, 0.717) is 11.4 Å². The molecule has 84 valence electrons. The minimum absolute atomic E-state index is 0.0595. The number of fused-ring (bicyclic) bond motifs is 1. The minimum atomic E-state index is 0.0595. The highest BCUT2D eigenvalue weighted by Crippen LogP contribution is 2.26. The van der Waals surface area contributed by atoms with Gasteiger partial charge in [-0.1, -0.05) is 12.2 Å². The lowest BCUT2D eigenvalue weighted by Crippen LogP contribution is -2.20. The lowest BCUT2D eigenvalue weighted by atomic mass is 10.0. The summed E-state index contributed by atoms with van der Waals surface area (Å²) in [5, 5.41) is 2.81. The smallest absolute Gasteiger partial charge is 0.224 e. The van der Waals surface area contributed by atoms with E-state index in [2.05, 4.69) is 5.32 Å². The maximum Gasteiger partial charge on any atom is 0.224 e. The van der Waals surface area contributed by atoms with Crippen LogP contribution in [0.2, 0.25) is 0 Å². The van der Waals surface area contributed by atoms with Gasteiger partial charge in [-0.05, 0) is 30.2 Å². The predicted octanol–water partition coefficient (Wildman–Crippen LogP) is 1.24. The van der Waals surface area contributed by atoms with Gasteiger partial charge in [-0.3, -0.25) is 4.79 Å². The summed E-state index contributed by atoms with van der Waals surface area (Å²) < 4.78 is 5.38. The molecule has 2 rings (SSSR count). The number of hydrogen-bond donors (Lipinski definition) is 2. The third kappa shape index (κ3) is 2.49. The number of rotatable bonds is 3. The van der Waals surface area contributed by atoms with Crippen LogP contribution in [0.15, 0.2) is 18.2 Å². The lowest BCUT2D eigenvalue weighted by Gasteiger charge is -2.17. The molecule has 0 fully saturated rings. The second-order valence-electron chi connectivity index (χ2n) is 3.62.